The van der Waals surface area contributed by atoms with Crippen LogP contribution in [0.1, 0.15) is 0 Å². The molecule has 86 valence electrons. The molecule has 0 aliphatic carbocycles. The van der Waals surface area contributed by atoms with Crippen LogP contribution in [0.4, 0.5) is 0 Å². The molecule has 0 atom stereocenters. The molecule has 2 N–H and O–H groups in total. The van der Waals surface area contributed by atoms with Gasteiger partial charge in [0.2, 0.25) is 0 Å². The highest BCUT2D eigenvalue weighted by molar-refractivity contribution is 9.11. The van der Waals surface area contributed by atoms with Crippen molar-refractivity contribution in [3.05, 3.63) is 37.7 Å². The number of H-pyrrole nitrogens is 1. The molecule has 0 spiro atoms. The average Bonchev–Trinajstić information content (AvgIpc) is 2.63. The second kappa shape index (κ2) is 4.00. The van der Waals surface area contributed by atoms with Crippen molar-refractivity contribution in [1.82, 2.24) is 4.98 Å². The van der Waals surface area contributed by atoms with Gasteiger partial charge in [-0.05, 0) is 56.1 Å². The van der Waals surface area contributed by atoms with Crippen molar-refractivity contribution < 1.29 is 5.11 Å². The fourth-order valence-corrected chi connectivity index (χ4v) is 3.64. The highest BCUT2D eigenvalue weighted by Gasteiger charge is 2.13. The van der Waals surface area contributed by atoms with Gasteiger partial charge in [0, 0.05) is 26.3 Å². The third kappa shape index (κ3) is 1.72. The fourth-order valence-electron chi connectivity index (χ4n) is 1.95. The van der Waals surface area contributed by atoms with E-state index in [1.807, 2.05) is 24.3 Å². The number of benzene rings is 2. The minimum absolute atomic E-state index is 0.221. The van der Waals surface area contributed by atoms with E-state index in [1.165, 1.54) is 0 Å². The maximum atomic E-state index is 9.93. The van der Waals surface area contributed by atoms with Gasteiger partial charge in [0.25, 0.3) is 0 Å². The molecule has 1 heterocycles. The number of hydrogen-bond donors (Lipinski definition) is 2. The molecule has 0 amide bonds. The highest BCUT2D eigenvalue weighted by Crippen LogP contribution is 2.42. The Labute approximate surface area is 122 Å². The van der Waals surface area contributed by atoms with Crippen LogP contribution in [-0.2, 0) is 0 Å². The molecule has 0 aliphatic heterocycles. The molecule has 0 fully saturated rings. The van der Waals surface area contributed by atoms with E-state index in [0.29, 0.717) is 8.95 Å². The smallest absolute Gasteiger partial charge is 0.144 e. The summed E-state index contributed by atoms with van der Waals surface area (Å²) < 4.78 is 2.38. The minimum atomic E-state index is 0.221. The molecule has 0 bridgehead atoms. The van der Waals surface area contributed by atoms with Gasteiger partial charge in [0.05, 0.1) is 8.95 Å². The minimum Gasteiger partial charge on any atom is -0.506 e. The van der Waals surface area contributed by atoms with Gasteiger partial charge in [0.15, 0.2) is 0 Å². The van der Waals surface area contributed by atoms with Crippen LogP contribution in [0, 0.1) is 0 Å². The van der Waals surface area contributed by atoms with Gasteiger partial charge in [-0.15, -0.1) is 0 Å². The Morgan fingerprint density at radius 2 is 1.76 bits per heavy atom. The lowest BCUT2D eigenvalue weighted by Gasteiger charge is -2.02. The molecule has 0 radical (unpaired) electrons. The van der Waals surface area contributed by atoms with E-state index in [2.05, 4.69) is 52.8 Å². The Hall–Kier alpha value is -0.520. The first-order chi connectivity index (χ1) is 8.08. The number of hydrogen-bond acceptors (Lipinski definition) is 1. The molecule has 1 aromatic heterocycles. The summed E-state index contributed by atoms with van der Waals surface area (Å²) >= 11 is 10.2. The normalized spacial score (nSPS) is 11.5. The van der Waals surface area contributed by atoms with Crippen LogP contribution in [0.3, 0.4) is 0 Å². The van der Waals surface area contributed by atoms with Crippen molar-refractivity contribution in [2.24, 2.45) is 0 Å². The Balaban J connectivity index is 2.59. The van der Waals surface area contributed by atoms with Crippen LogP contribution in [0.15, 0.2) is 37.7 Å². The molecule has 17 heavy (non-hydrogen) atoms. The number of aromatic amines is 1. The molecule has 3 rings (SSSR count). The van der Waals surface area contributed by atoms with Gasteiger partial charge in [-0.1, -0.05) is 15.9 Å². The van der Waals surface area contributed by atoms with Gasteiger partial charge in [-0.25, -0.2) is 0 Å². The lowest BCUT2D eigenvalue weighted by Crippen LogP contribution is -1.75. The van der Waals surface area contributed by atoms with Crippen molar-refractivity contribution in [2.45, 2.75) is 0 Å². The molecule has 0 saturated heterocycles. The summed E-state index contributed by atoms with van der Waals surface area (Å²) in [5, 5.41) is 12.0. The standard InChI is InChI=1S/C12H6Br3NO/c13-5-1-2-8-6(3-5)10-9(16-8)4-7(14)12(17)11(10)15/h1-4,16-17H. The van der Waals surface area contributed by atoms with Gasteiger partial charge >= 0.3 is 0 Å². The van der Waals surface area contributed by atoms with Gasteiger partial charge in [-0.3, -0.25) is 0 Å². The lowest BCUT2D eigenvalue weighted by molar-refractivity contribution is 0.469. The summed E-state index contributed by atoms with van der Waals surface area (Å²) in [6.07, 6.45) is 0. The first kappa shape index (κ1) is 11.6. The summed E-state index contributed by atoms with van der Waals surface area (Å²) in [4.78, 5) is 3.32. The monoisotopic (exact) mass is 417 g/mol. The SMILES string of the molecule is Oc1c(Br)cc2[nH]c3ccc(Br)cc3c2c1Br. The Morgan fingerprint density at radius 1 is 1.00 bits per heavy atom. The second-order valence-electron chi connectivity index (χ2n) is 3.76. The third-order valence-corrected chi connectivity index (χ3v) is 4.58. The van der Waals surface area contributed by atoms with Crippen LogP contribution in [0.25, 0.3) is 21.8 Å². The van der Waals surface area contributed by atoms with Gasteiger partial charge in [-0.2, -0.15) is 0 Å². The zero-order valence-corrected chi connectivity index (χ0v) is 13.1. The van der Waals surface area contributed by atoms with Gasteiger partial charge < -0.3 is 10.1 Å². The molecular formula is C12H6Br3NO. The van der Waals surface area contributed by atoms with E-state index in [0.717, 1.165) is 26.3 Å². The first-order valence-corrected chi connectivity index (χ1v) is 7.23. The third-order valence-electron chi connectivity index (χ3n) is 2.71. The van der Waals surface area contributed by atoms with Crippen molar-refractivity contribution in [2.75, 3.05) is 0 Å². The van der Waals surface area contributed by atoms with E-state index in [4.69, 9.17) is 0 Å². The van der Waals surface area contributed by atoms with Crippen molar-refractivity contribution in [3.8, 4) is 5.75 Å². The summed E-state index contributed by atoms with van der Waals surface area (Å²) in [5.41, 5.74) is 2.02. The highest BCUT2D eigenvalue weighted by atomic mass is 79.9. The summed E-state index contributed by atoms with van der Waals surface area (Å²) in [7, 11) is 0. The summed E-state index contributed by atoms with van der Waals surface area (Å²) in [5.74, 6) is 0.221. The molecule has 2 nitrogen and oxygen atoms in total. The van der Waals surface area contributed by atoms with Gasteiger partial charge in [0.1, 0.15) is 5.75 Å². The number of phenols is 1. The zero-order valence-electron chi connectivity index (χ0n) is 8.39. The van der Waals surface area contributed by atoms with E-state index in [9.17, 15) is 5.11 Å². The number of phenolic OH excluding ortho intramolecular Hbond substituents is 1. The Morgan fingerprint density at radius 3 is 2.53 bits per heavy atom. The van der Waals surface area contributed by atoms with Crippen molar-refractivity contribution in [1.29, 1.82) is 0 Å². The Bertz CT molecular complexity index is 748. The van der Waals surface area contributed by atoms with Crippen LogP contribution in [0.5, 0.6) is 5.75 Å². The molecule has 2 aromatic carbocycles. The number of fused-ring (bicyclic) bond motifs is 3. The lowest BCUT2D eigenvalue weighted by atomic mass is 10.1. The fraction of sp³-hybridized carbons (Fsp3) is 0. The van der Waals surface area contributed by atoms with Crippen molar-refractivity contribution >= 4 is 69.6 Å². The number of rotatable bonds is 0. The number of nitrogens with one attached hydrogen (secondary N) is 1. The average molecular weight is 420 g/mol. The van der Waals surface area contributed by atoms with E-state index in [-0.39, 0.29) is 5.75 Å². The van der Waals surface area contributed by atoms with E-state index in [1.54, 1.807) is 0 Å². The quantitative estimate of drug-likeness (QED) is 0.508. The van der Waals surface area contributed by atoms with Crippen LogP contribution in [-0.4, -0.2) is 10.1 Å². The molecule has 0 aliphatic rings. The van der Waals surface area contributed by atoms with Crippen molar-refractivity contribution in [3.63, 3.8) is 0 Å². The maximum Gasteiger partial charge on any atom is 0.144 e. The molecule has 0 unspecified atom stereocenters. The van der Waals surface area contributed by atoms with Crippen LogP contribution in [0.2, 0.25) is 0 Å². The van der Waals surface area contributed by atoms with Crippen LogP contribution < -0.4 is 0 Å². The maximum absolute atomic E-state index is 9.93. The number of aromatic nitrogens is 1. The predicted octanol–water partition coefficient (Wildman–Crippen LogP) is 5.31. The number of aromatic hydroxyl groups is 1. The second-order valence-corrected chi connectivity index (χ2v) is 6.32. The largest absolute Gasteiger partial charge is 0.506 e. The zero-order chi connectivity index (χ0) is 12.2. The molecule has 0 saturated carbocycles. The molecule has 3 aromatic rings. The first-order valence-electron chi connectivity index (χ1n) is 4.86. The predicted molar refractivity (Wildman–Crippen MR) is 80.6 cm³/mol. The number of halogens is 3. The van der Waals surface area contributed by atoms with E-state index >= 15 is 0 Å². The topological polar surface area (TPSA) is 36.0 Å². The van der Waals surface area contributed by atoms with Crippen LogP contribution >= 0.6 is 47.8 Å². The summed E-state index contributed by atoms with van der Waals surface area (Å²) in [6.45, 7) is 0. The molecular weight excluding hydrogens is 414 g/mol. The summed E-state index contributed by atoms with van der Waals surface area (Å²) in [6, 6.07) is 7.91. The molecule has 5 heteroatoms. The Kier molecular flexibility index (Phi) is 2.72. The van der Waals surface area contributed by atoms with E-state index < -0.39 is 0 Å².